The number of aliphatic hydroxyl groups excluding tert-OH is 1. The van der Waals surface area contributed by atoms with Gasteiger partial charge in [0, 0.05) is 23.7 Å². The molecule has 0 saturated heterocycles. The summed E-state index contributed by atoms with van der Waals surface area (Å²) in [7, 11) is 0. The normalized spacial score (nSPS) is 35.6. The molecule has 2 aromatic rings. The molecule has 7 heteroatoms. The van der Waals surface area contributed by atoms with Gasteiger partial charge in [-0.05, 0) is 86.5 Å². The van der Waals surface area contributed by atoms with E-state index in [2.05, 4.69) is 15.6 Å². The molecule has 180 valence electrons. The van der Waals surface area contributed by atoms with Crippen LogP contribution in [0.15, 0.2) is 30.7 Å². The number of aromatic nitrogens is 2. The van der Waals surface area contributed by atoms with Gasteiger partial charge >= 0.3 is 6.03 Å². The van der Waals surface area contributed by atoms with Crippen LogP contribution in [-0.4, -0.2) is 39.4 Å². The third kappa shape index (κ3) is 3.23. The number of nitrogens with one attached hydrogen (secondary N) is 2. The van der Waals surface area contributed by atoms with Gasteiger partial charge in [0.15, 0.2) is 0 Å². The van der Waals surface area contributed by atoms with E-state index in [9.17, 15) is 14.3 Å². The van der Waals surface area contributed by atoms with Gasteiger partial charge in [-0.2, -0.15) is 0 Å². The maximum absolute atomic E-state index is 14.9. The highest BCUT2D eigenvalue weighted by Crippen LogP contribution is 2.62. The molecule has 6 nitrogen and oxygen atoms in total. The lowest BCUT2D eigenvalue weighted by Crippen LogP contribution is -2.62. The second kappa shape index (κ2) is 7.54. The number of halogens is 1. The van der Waals surface area contributed by atoms with Gasteiger partial charge in [0.05, 0.1) is 30.4 Å². The average molecular weight is 465 g/mol. The molecule has 5 fully saturated rings. The zero-order chi connectivity index (χ0) is 23.0. The van der Waals surface area contributed by atoms with Crippen molar-refractivity contribution in [3.8, 4) is 11.3 Å². The van der Waals surface area contributed by atoms with Crippen LogP contribution in [0.1, 0.15) is 63.0 Å². The number of nitrogens with zero attached hydrogens (tertiary/aromatic N) is 2. The van der Waals surface area contributed by atoms with Crippen molar-refractivity contribution in [3.05, 3.63) is 42.1 Å². The maximum Gasteiger partial charge on any atom is 0.315 e. The van der Waals surface area contributed by atoms with Crippen LogP contribution in [0.5, 0.6) is 0 Å². The van der Waals surface area contributed by atoms with E-state index in [1.54, 1.807) is 18.6 Å². The summed E-state index contributed by atoms with van der Waals surface area (Å²) in [6, 6.07) is 5.18. The molecule has 1 aromatic carbocycles. The van der Waals surface area contributed by atoms with E-state index >= 15 is 0 Å². The minimum Gasteiger partial charge on any atom is -0.392 e. The van der Waals surface area contributed by atoms with E-state index in [0.29, 0.717) is 35.7 Å². The Kier molecular flexibility index (Phi) is 4.64. The van der Waals surface area contributed by atoms with Gasteiger partial charge in [-0.15, -0.1) is 0 Å². The number of urea groups is 1. The van der Waals surface area contributed by atoms with Crippen LogP contribution in [0.2, 0.25) is 0 Å². The lowest BCUT2D eigenvalue weighted by atomic mass is 9.46. The van der Waals surface area contributed by atoms with Gasteiger partial charge in [-0.1, -0.05) is 12.1 Å². The number of amides is 2. The Morgan fingerprint density at radius 2 is 2.03 bits per heavy atom. The Labute approximate surface area is 199 Å². The second-order valence-corrected chi connectivity index (χ2v) is 11.8. The van der Waals surface area contributed by atoms with E-state index in [-0.39, 0.29) is 29.3 Å². The molecule has 1 aliphatic heterocycles. The molecule has 34 heavy (non-hydrogen) atoms. The molecule has 0 radical (unpaired) electrons. The summed E-state index contributed by atoms with van der Waals surface area (Å²) in [6.45, 7) is 0.787. The first kappa shape index (κ1) is 20.9. The molecule has 5 saturated carbocycles. The number of imidazole rings is 1. The molecule has 2 amide bonds. The van der Waals surface area contributed by atoms with Crippen LogP contribution in [0, 0.1) is 34.9 Å². The van der Waals surface area contributed by atoms with Crippen molar-refractivity contribution in [3.63, 3.8) is 0 Å². The standard InChI is InChI=1S/C27H33FN4O2/c28-20-3-1-2-19-22-13-29-14-32(22)21(24(19)20)8-23(33)27-9-16-6-17(10-27)25(18(7-16)11-27)31-26(34)30-12-15-4-5-15/h1-3,13-18,21,23,25,33H,4-12H2,(H2,30,31,34). The van der Waals surface area contributed by atoms with E-state index < -0.39 is 6.10 Å². The molecular formula is C27H33FN4O2. The molecule has 1 aromatic heterocycles. The summed E-state index contributed by atoms with van der Waals surface area (Å²) in [4.78, 5) is 16.8. The lowest BCUT2D eigenvalue weighted by molar-refractivity contribution is -0.135. The van der Waals surface area contributed by atoms with Gasteiger partial charge in [0.25, 0.3) is 0 Å². The molecule has 8 rings (SSSR count). The number of hydrogen-bond acceptors (Lipinski definition) is 3. The highest BCUT2D eigenvalue weighted by atomic mass is 19.1. The largest absolute Gasteiger partial charge is 0.392 e. The Balaban J connectivity index is 1.10. The summed E-state index contributed by atoms with van der Waals surface area (Å²) in [5, 5.41) is 18.1. The topological polar surface area (TPSA) is 79.2 Å². The number of carbonyl (C=O) groups is 1. The number of benzene rings is 1. The molecule has 6 aliphatic rings. The monoisotopic (exact) mass is 464 g/mol. The molecule has 4 unspecified atom stereocenters. The summed E-state index contributed by atoms with van der Waals surface area (Å²) in [5.41, 5.74) is 2.38. The van der Waals surface area contributed by atoms with Gasteiger partial charge in [-0.3, -0.25) is 0 Å². The minimum atomic E-state index is -0.504. The molecule has 4 bridgehead atoms. The molecule has 4 atom stereocenters. The third-order valence-corrected chi connectivity index (χ3v) is 9.68. The number of rotatable bonds is 6. The third-order valence-electron chi connectivity index (χ3n) is 9.68. The van der Waals surface area contributed by atoms with E-state index in [1.165, 1.54) is 18.9 Å². The number of fused-ring (bicyclic) bond motifs is 3. The highest BCUT2D eigenvalue weighted by Gasteiger charge is 2.58. The molecular weight excluding hydrogens is 431 g/mol. The van der Waals surface area contributed by atoms with Gasteiger partial charge < -0.3 is 20.3 Å². The lowest BCUT2D eigenvalue weighted by Gasteiger charge is -2.61. The average Bonchev–Trinajstić information content (AvgIpc) is 3.43. The molecule has 3 N–H and O–H groups in total. The Morgan fingerprint density at radius 3 is 2.79 bits per heavy atom. The van der Waals surface area contributed by atoms with E-state index in [1.807, 2.05) is 10.6 Å². The molecule has 2 heterocycles. The summed E-state index contributed by atoms with van der Waals surface area (Å²) < 4.78 is 17.0. The predicted molar refractivity (Wildman–Crippen MR) is 125 cm³/mol. The Bertz CT molecular complexity index is 1110. The Hall–Kier alpha value is -2.41. The first-order chi connectivity index (χ1) is 16.5. The summed E-state index contributed by atoms with van der Waals surface area (Å²) in [5.74, 6) is 1.93. The SMILES string of the molecule is O=C(NCC1CC1)NC1C2CC3CC1CC(C(O)CC1c4c(F)cccc4-c4cncn41)(C3)C2. The molecule has 0 spiro atoms. The van der Waals surface area contributed by atoms with Crippen molar-refractivity contribution < 1.29 is 14.3 Å². The van der Waals surface area contributed by atoms with E-state index in [4.69, 9.17) is 0 Å². The van der Waals surface area contributed by atoms with Crippen molar-refractivity contribution >= 4 is 6.03 Å². The number of hydrogen-bond donors (Lipinski definition) is 3. The fourth-order valence-corrected chi connectivity index (χ4v) is 8.19. The van der Waals surface area contributed by atoms with Crippen molar-refractivity contribution in [2.45, 2.75) is 69.6 Å². The quantitative estimate of drug-likeness (QED) is 0.598. The maximum atomic E-state index is 14.9. The first-order valence-electron chi connectivity index (χ1n) is 13.0. The van der Waals surface area contributed by atoms with Crippen molar-refractivity contribution in [2.24, 2.45) is 29.1 Å². The summed E-state index contributed by atoms with van der Waals surface area (Å²) in [6.07, 6.45) is 11.3. The highest BCUT2D eigenvalue weighted by molar-refractivity contribution is 5.74. The van der Waals surface area contributed by atoms with Crippen molar-refractivity contribution in [1.29, 1.82) is 0 Å². The minimum absolute atomic E-state index is 0.0235. The van der Waals surface area contributed by atoms with Gasteiger partial charge in [0.2, 0.25) is 0 Å². The van der Waals surface area contributed by atoms with Crippen LogP contribution in [0.25, 0.3) is 11.3 Å². The molecule has 5 aliphatic carbocycles. The summed E-state index contributed by atoms with van der Waals surface area (Å²) >= 11 is 0. The van der Waals surface area contributed by atoms with E-state index in [0.717, 1.165) is 49.9 Å². The number of aliphatic hydroxyl groups is 1. The van der Waals surface area contributed by atoms with Crippen molar-refractivity contribution in [1.82, 2.24) is 20.2 Å². The fourth-order valence-electron chi connectivity index (χ4n) is 8.19. The second-order valence-electron chi connectivity index (χ2n) is 11.8. The predicted octanol–water partition coefficient (Wildman–Crippen LogP) is 4.25. The number of carbonyl (C=O) groups excluding carboxylic acids is 1. The van der Waals surface area contributed by atoms with Gasteiger partial charge in [0.1, 0.15) is 5.82 Å². The Morgan fingerprint density at radius 1 is 1.24 bits per heavy atom. The van der Waals surface area contributed by atoms with Crippen LogP contribution in [-0.2, 0) is 0 Å². The van der Waals surface area contributed by atoms with Gasteiger partial charge in [-0.25, -0.2) is 14.2 Å². The first-order valence-corrected chi connectivity index (χ1v) is 13.0. The smallest absolute Gasteiger partial charge is 0.315 e. The van der Waals surface area contributed by atoms with Crippen LogP contribution >= 0.6 is 0 Å². The van der Waals surface area contributed by atoms with Crippen LogP contribution in [0.3, 0.4) is 0 Å². The zero-order valence-corrected chi connectivity index (χ0v) is 19.4. The fraction of sp³-hybridized carbons (Fsp3) is 0.630. The van der Waals surface area contributed by atoms with Crippen molar-refractivity contribution in [2.75, 3.05) is 6.54 Å². The van der Waals surface area contributed by atoms with Crippen LogP contribution in [0.4, 0.5) is 9.18 Å². The van der Waals surface area contributed by atoms with Crippen LogP contribution < -0.4 is 10.6 Å². The zero-order valence-electron chi connectivity index (χ0n) is 19.4.